The molecule has 0 radical (unpaired) electrons. The minimum atomic E-state index is -0.644. The van der Waals surface area contributed by atoms with Gasteiger partial charge in [0, 0.05) is 6.54 Å². The average Bonchev–Trinajstić information content (AvgIpc) is 2.79. The molecule has 3 nitrogen and oxygen atoms in total. The first kappa shape index (κ1) is 11.6. The third-order valence-electron chi connectivity index (χ3n) is 2.39. The van der Waals surface area contributed by atoms with E-state index in [0.717, 1.165) is 6.54 Å². The largest absolute Gasteiger partial charge is 0.370 e. The van der Waals surface area contributed by atoms with Gasteiger partial charge in [0.1, 0.15) is 5.84 Å². The predicted molar refractivity (Wildman–Crippen MR) is 63.7 cm³/mol. The molecule has 0 fully saturated rings. The topological polar surface area (TPSA) is 50.4 Å². The molecule has 1 aliphatic rings. The van der Waals surface area contributed by atoms with E-state index in [9.17, 15) is 4.39 Å². The lowest BCUT2D eigenvalue weighted by molar-refractivity contribution is 0.625. The summed E-state index contributed by atoms with van der Waals surface area (Å²) in [7, 11) is 0. The zero-order valence-electron chi connectivity index (χ0n) is 8.30. The van der Waals surface area contributed by atoms with Crippen molar-refractivity contribution in [1.29, 1.82) is 0 Å². The molecule has 16 heavy (non-hydrogen) atoms. The van der Waals surface area contributed by atoms with Crippen LogP contribution in [0.1, 0.15) is 11.6 Å². The molecule has 1 heterocycles. The number of nitrogens with zero attached hydrogens (tertiary/aromatic N) is 1. The summed E-state index contributed by atoms with van der Waals surface area (Å²) in [4.78, 5) is 4.17. The highest BCUT2D eigenvalue weighted by molar-refractivity contribution is 6.35. The Morgan fingerprint density at radius 2 is 2.19 bits per heavy atom. The number of rotatable bonds is 2. The van der Waals surface area contributed by atoms with E-state index in [2.05, 4.69) is 10.3 Å². The predicted octanol–water partition coefficient (Wildman–Crippen LogP) is 2.13. The van der Waals surface area contributed by atoms with Crippen molar-refractivity contribution in [2.24, 2.45) is 10.7 Å². The molecule has 1 aromatic carbocycles. The minimum absolute atomic E-state index is 0.0118. The summed E-state index contributed by atoms with van der Waals surface area (Å²) in [5, 5.41) is 2.97. The van der Waals surface area contributed by atoms with Crippen LogP contribution < -0.4 is 11.1 Å². The second-order valence-electron chi connectivity index (χ2n) is 3.44. The third-order valence-corrected chi connectivity index (χ3v) is 3.07. The lowest BCUT2D eigenvalue weighted by Gasteiger charge is -2.15. The van der Waals surface area contributed by atoms with Crippen LogP contribution in [0.25, 0.3) is 0 Å². The number of nitrogens with one attached hydrogen (secondary N) is 1. The standard InChI is InChI=1S/C10H10Cl2FN3/c11-6-2-1-5(7(12)8(6)13)9(14)10-15-3-4-16-10/h1-2,9H,3-4,14H2,(H,15,16). The van der Waals surface area contributed by atoms with Crippen molar-refractivity contribution in [2.75, 3.05) is 13.1 Å². The quantitative estimate of drug-likeness (QED) is 0.802. The molecule has 1 aromatic rings. The fourth-order valence-corrected chi connectivity index (χ4v) is 2.04. The second-order valence-corrected chi connectivity index (χ2v) is 4.22. The van der Waals surface area contributed by atoms with Gasteiger partial charge in [0.2, 0.25) is 0 Å². The van der Waals surface area contributed by atoms with Crippen LogP contribution in [0, 0.1) is 5.82 Å². The molecule has 0 saturated carbocycles. The molecular formula is C10H10Cl2FN3. The van der Waals surface area contributed by atoms with Crippen LogP contribution >= 0.6 is 23.2 Å². The zero-order chi connectivity index (χ0) is 11.7. The van der Waals surface area contributed by atoms with Crippen LogP contribution in [0.15, 0.2) is 17.1 Å². The molecule has 86 valence electrons. The maximum absolute atomic E-state index is 13.5. The Balaban J connectivity index is 2.37. The number of hydrogen-bond acceptors (Lipinski definition) is 3. The van der Waals surface area contributed by atoms with Gasteiger partial charge in [-0.2, -0.15) is 0 Å². The van der Waals surface area contributed by atoms with Crippen LogP contribution in [0.5, 0.6) is 0 Å². The maximum Gasteiger partial charge on any atom is 0.160 e. The molecule has 0 aliphatic carbocycles. The molecule has 1 aliphatic heterocycles. The molecule has 6 heteroatoms. The molecule has 1 unspecified atom stereocenters. The molecule has 0 amide bonds. The summed E-state index contributed by atoms with van der Waals surface area (Å²) >= 11 is 11.5. The van der Waals surface area contributed by atoms with E-state index in [1.807, 2.05) is 0 Å². The van der Waals surface area contributed by atoms with E-state index in [-0.39, 0.29) is 10.0 Å². The Morgan fingerprint density at radius 3 is 2.81 bits per heavy atom. The summed E-state index contributed by atoms with van der Waals surface area (Å²) in [6, 6.07) is 2.51. The van der Waals surface area contributed by atoms with Gasteiger partial charge in [0.05, 0.1) is 22.6 Å². The summed E-state index contributed by atoms with van der Waals surface area (Å²) in [5.41, 5.74) is 6.42. The smallest absolute Gasteiger partial charge is 0.160 e. The summed E-state index contributed by atoms with van der Waals surface area (Å²) in [5.74, 6) is -0.0153. The number of benzene rings is 1. The van der Waals surface area contributed by atoms with E-state index >= 15 is 0 Å². The van der Waals surface area contributed by atoms with E-state index in [0.29, 0.717) is 17.9 Å². The highest BCUT2D eigenvalue weighted by atomic mass is 35.5. The number of aliphatic imine (C=N–C) groups is 1. The van der Waals surface area contributed by atoms with E-state index in [1.165, 1.54) is 6.07 Å². The fourth-order valence-electron chi connectivity index (χ4n) is 1.55. The van der Waals surface area contributed by atoms with Crippen LogP contribution in [0.4, 0.5) is 4.39 Å². The minimum Gasteiger partial charge on any atom is -0.370 e. The van der Waals surface area contributed by atoms with Crippen molar-refractivity contribution >= 4 is 29.0 Å². The Bertz CT molecular complexity index is 448. The first-order valence-electron chi connectivity index (χ1n) is 4.78. The number of hydrogen-bond donors (Lipinski definition) is 2. The van der Waals surface area contributed by atoms with Crippen molar-refractivity contribution in [3.05, 3.63) is 33.6 Å². The average molecular weight is 262 g/mol. The van der Waals surface area contributed by atoms with Crippen LogP contribution in [-0.2, 0) is 0 Å². The van der Waals surface area contributed by atoms with Crippen molar-refractivity contribution in [3.8, 4) is 0 Å². The molecule has 1 atom stereocenters. The van der Waals surface area contributed by atoms with Gasteiger partial charge < -0.3 is 11.1 Å². The van der Waals surface area contributed by atoms with Gasteiger partial charge >= 0.3 is 0 Å². The van der Waals surface area contributed by atoms with Crippen LogP contribution in [0.3, 0.4) is 0 Å². The van der Waals surface area contributed by atoms with Gasteiger partial charge in [-0.3, -0.25) is 4.99 Å². The lowest BCUT2D eigenvalue weighted by Crippen LogP contribution is -2.31. The Morgan fingerprint density at radius 1 is 1.44 bits per heavy atom. The molecular weight excluding hydrogens is 252 g/mol. The molecule has 0 bridgehead atoms. The highest BCUT2D eigenvalue weighted by Gasteiger charge is 2.21. The van der Waals surface area contributed by atoms with E-state index in [4.69, 9.17) is 28.9 Å². The summed E-state index contributed by atoms with van der Waals surface area (Å²) in [6.45, 7) is 1.42. The Labute approximate surface area is 102 Å². The normalized spacial score (nSPS) is 16.9. The van der Waals surface area contributed by atoms with E-state index < -0.39 is 11.9 Å². The number of nitrogens with two attached hydrogens (primary N) is 1. The van der Waals surface area contributed by atoms with Crippen LogP contribution in [0.2, 0.25) is 10.0 Å². The van der Waals surface area contributed by atoms with Crippen molar-refractivity contribution in [1.82, 2.24) is 5.32 Å². The van der Waals surface area contributed by atoms with Gasteiger partial charge in [0.25, 0.3) is 0 Å². The highest BCUT2D eigenvalue weighted by Crippen LogP contribution is 2.30. The maximum atomic E-state index is 13.5. The van der Waals surface area contributed by atoms with E-state index in [1.54, 1.807) is 6.07 Å². The number of halogens is 3. The van der Waals surface area contributed by atoms with Gasteiger partial charge in [-0.25, -0.2) is 4.39 Å². The van der Waals surface area contributed by atoms with Gasteiger partial charge in [-0.1, -0.05) is 29.3 Å². The first-order chi connectivity index (χ1) is 7.61. The molecule has 0 aromatic heterocycles. The first-order valence-corrected chi connectivity index (χ1v) is 5.54. The van der Waals surface area contributed by atoms with Gasteiger partial charge in [-0.05, 0) is 11.6 Å². The van der Waals surface area contributed by atoms with Crippen molar-refractivity contribution < 1.29 is 4.39 Å². The second kappa shape index (κ2) is 4.57. The molecule has 0 spiro atoms. The van der Waals surface area contributed by atoms with Gasteiger partial charge in [-0.15, -0.1) is 0 Å². The van der Waals surface area contributed by atoms with Crippen LogP contribution in [-0.4, -0.2) is 18.9 Å². The fraction of sp³-hybridized carbons (Fsp3) is 0.300. The summed E-state index contributed by atoms with van der Waals surface area (Å²) < 4.78 is 13.5. The van der Waals surface area contributed by atoms with Crippen molar-refractivity contribution in [3.63, 3.8) is 0 Å². The third kappa shape index (κ3) is 2.00. The molecule has 2 rings (SSSR count). The lowest BCUT2D eigenvalue weighted by atomic mass is 10.1. The van der Waals surface area contributed by atoms with Gasteiger partial charge in [0.15, 0.2) is 5.82 Å². The molecule has 3 N–H and O–H groups in total. The molecule has 0 saturated heterocycles. The summed E-state index contributed by atoms with van der Waals surface area (Å²) in [6.07, 6.45) is 0. The SMILES string of the molecule is NC(C1=NCCN1)c1ccc(Cl)c(F)c1Cl. The van der Waals surface area contributed by atoms with Crippen molar-refractivity contribution in [2.45, 2.75) is 6.04 Å². The Hall–Kier alpha value is -0.840. The Kier molecular flexibility index (Phi) is 3.33. The zero-order valence-corrected chi connectivity index (χ0v) is 9.82. The number of amidine groups is 1. The monoisotopic (exact) mass is 261 g/mol.